The summed E-state index contributed by atoms with van der Waals surface area (Å²) in [6.07, 6.45) is -3.67. The molecule has 0 radical (unpaired) electrons. The molecule has 25 heavy (non-hydrogen) atoms. The minimum atomic E-state index is -4.73. The zero-order chi connectivity index (χ0) is 18.9. The van der Waals surface area contributed by atoms with E-state index in [1.807, 2.05) is 0 Å². The molecular formula is C13H13ClF4N6O. The first-order valence-electron chi connectivity index (χ1n) is 6.83. The van der Waals surface area contributed by atoms with Crippen LogP contribution in [0.4, 0.5) is 17.6 Å². The monoisotopic (exact) mass is 380 g/mol. The molecule has 7 nitrogen and oxygen atoms in total. The molecule has 0 bridgehead atoms. The first-order valence-corrected chi connectivity index (χ1v) is 7.21. The molecule has 0 saturated carbocycles. The van der Waals surface area contributed by atoms with E-state index >= 15 is 0 Å². The van der Waals surface area contributed by atoms with Gasteiger partial charge in [-0.1, -0.05) is 11.6 Å². The predicted molar refractivity (Wildman–Crippen MR) is 80.6 cm³/mol. The summed E-state index contributed by atoms with van der Waals surface area (Å²) in [5, 5.41) is 10.1. The van der Waals surface area contributed by atoms with Gasteiger partial charge in [-0.25, -0.2) is 10.1 Å². The van der Waals surface area contributed by atoms with Crippen molar-refractivity contribution in [2.45, 2.75) is 26.6 Å². The third-order valence-electron chi connectivity index (χ3n) is 3.27. The first kappa shape index (κ1) is 18.9. The van der Waals surface area contributed by atoms with E-state index in [1.54, 1.807) is 6.92 Å². The number of amides is 1. The molecule has 12 heteroatoms. The van der Waals surface area contributed by atoms with Crippen LogP contribution in [-0.4, -0.2) is 31.7 Å². The van der Waals surface area contributed by atoms with Crippen LogP contribution in [0.2, 0.25) is 5.02 Å². The second-order valence-corrected chi connectivity index (χ2v) is 5.49. The Morgan fingerprint density at radius 2 is 2.00 bits per heavy atom. The van der Waals surface area contributed by atoms with Crippen LogP contribution in [-0.2, 0) is 24.6 Å². The van der Waals surface area contributed by atoms with Gasteiger partial charge < -0.3 is 0 Å². The van der Waals surface area contributed by atoms with Crippen molar-refractivity contribution in [3.05, 3.63) is 33.6 Å². The van der Waals surface area contributed by atoms with Crippen molar-refractivity contribution in [1.29, 1.82) is 0 Å². The van der Waals surface area contributed by atoms with Gasteiger partial charge in [0, 0.05) is 7.05 Å². The van der Waals surface area contributed by atoms with Gasteiger partial charge in [0.2, 0.25) is 5.95 Å². The van der Waals surface area contributed by atoms with Gasteiger partial charge in [-0.3, -0.25) is 9.48 Å². The number of carbonyl (C=O) groups is 1. The molecule has 0 atom stereocenters. The summed E-state index contributed by atoms with van der Waals surface area (Å²) in [6, 6.07) is 0. The van der Waals surface area contributed by atoms with Crippen LogP contribution in [0.15, 0.2) is 5.10 Å². The molecule has 1 N–H and O–H groups in total. The largest absolute Gasteiger partial charge is 0.436 e. The second kappa shape index (κ2) is 6.82. The number of hydrazone groups is 1. The van der Waals surface area contributed by atoms with Gasteiger partial charge in [-0.2, -0.15) is 32.9 Å². The van der Waals surface area contributed by atoms with Crippen molar-refractivity contribution in [2.24, 2.45) is 12.1 Å². The molecule has 2 heterocycles. The van der Waals surface area contributed by atoms with E-state index in [1.165, 1.54) is 14.0 Å². The number of nitrogens with one attached hydrogen (secondary N) is 1. The molecule has 0 aromatic carbocycles. The maximum atomic E-state index is 13.7. The van der Waals surface area contributed by atoms with Crippen molar-refractivity contribution in [2.75, 3.05) is 0 Å². The van der Waals surface area contributed by atoms with E-state index in [0.717, 1.165) is 15.6 Å². The molecule has 2 rings (SSSR count). The fourth-order valence-corrected chi connectivity index (χ4v) is 2.24. The van der Waals surface area contributed by atoms with E-state index in [0.29, 0.717) is 5.69 Å². The second-order valence-electron chi connectivity index (χ2n) is 5.11. The van der Waals surface area contributed by atoms with Crippen LogP contribution >= 0.6 is 11.6 Å². The van der Waals surface area contributed by atoms with Gasteiger partial charge in [0.15, 0.2) is 5.69 Å². The number of carbonyl (C=O) groups excluding carboxylic acids is 1. The van der Waals surface area contributed by atoms with E-state index in [-0.39, 0.29) is 11.3 Å². The number of hydrogen-bond acceptors (Lipinski definition) is 4. The summed E-state index contributed by atoms with van der Waals surface area (Å²) in [5.74, 6) is -1.39. The Hall–Kier alpha value is -2.43. The van der Waals surface area contributed by atoms with Crippen LogP contribution in [0.5, 0.6) is 0 Å². The lowest BCUT2D eigenvalue weighted by Crippen LogP contribution is -2.24. The number of aryl methyl sites for hydroxylation is 2. The van der Waals surface area contributed by atoms with Crippen LogP contribution in [0, 0.1) is 19.8 Å². The molecule has 0 aliphatic carbocycles. The summed E-state index contributed by atoms with van der Waals surface area (Å²) < 4.78 is 53.6. The molecule has 0 aliphatic heterocycles. The minimum Gasteiger partial charge on any atom is -0.271 e. The van der Waals surface area contributed by atoms with Gasteiger partial charge in [0.05, 0.1) is 28.2 Å². The van der Waals surface area contributed by atoms with Crippen molar-refractivity contribution < 1.29 is 22.4 Å². The summed E-state index contributed by atoms with van der Waals surface area (Å²) in [4.78, 5) is 11.8. The Labute approximate surface area is 144 Å². The maximum Gasteiger partial charge on any atom is 0.436 e. The molecule has 2 aromatic heterocycles. The highest BCUT2D eigenvalue weighted by atomic mass is 35.5. The number of halogens is 5. The highest BCUT2D eigenvalue weighted by Gasteiger charge is 2.38. The minimum absolute atomic E-state index is 0.0118. The fourth-order valence-electron chi connectivity index (χ4n) is 1.99. The van der Waals surface area contributed by atoms with E-state index < -0.39 is 35.3 Å². The SMILES string of the molecule is Cc1nn(C)c(F)c1/C=N\NC(=O)Cn1nc(C(F)(F)F)c(Cl)c1C. The van der Waals surface area contributed by atoms with E-state index in [2.05, 4.69) is 20.7 Å². The third kappa shape index (κ3) is 3.98. The Morgan fingerprint density at radius 3 is 2.48 bits per heavy atom. The van der Waals surface area contributed by atoms with Crippen LogP contribution in [0.25, 0.3) is 0 Å². The smallest absolute Gasteiger partial charge is 0.271 e. The fraction of sp³-hybridized carbons (Fsp3) is 0.385. The molecule has 0 saturated heterocycles. The Bertz CT molecular complexity index is 839. The molecule has 2 aromatic rings. The highest BCUT2D eigenvalue weighted by molar-refractivity contribution is 6.32. The van der Waals surface area contributed by atoms with Gasteiger partial charge in [-0.05, 0) is 13.8 Å². The van der Waals surface area contributed by atoms with Gasteiger partial charge in [0.25, 0.3) is 5.91 Å². The van der Waals surface area contributed by atoms with Gasteiger partial charge in [-0.15, -0.1) is 0 Å². The van der Waals surface area contributed by atoms with E-state index in [4.69, 9.17) is 11.6 Å². The normalized spacial score (nSPS) is 12.2. The number of hydrogen-bond donors (Lipinski definition) is 1. The van der Waals surface area contributed by atoms with Crippen LogP contribution in [0.1, 0.15) is 22.6 Å². The Morgan fingerprint density at radius 1 is 1.36 bits per heavy atom. The lowest BCUT2D eigenvalue weighted by Gasteiger charge is -2.03. The van der Waals surface area contributed by atoms with Gasteiger partial charge in [0.1, 0.15) is 6.54 Å². The number of alkyl halides is 3. The quantitative estimate of drug-likeness (QED) is 0.502. The zero-order valence-corrected chi connectivity index (χ0v) is 14.1. The number of aromatic nitrogens is 4. The van der Waals surface area contributed by atoms with Crippen LogP contribution < -0.4 is 5.43 Å². The lowest BCUT2D eigenvalue weighted by molar-refractivity contribution is -0.141. The van der Waals surface area contributed by atoms with Crippen molar-refractivity contribution in [3.8, 4) is 0 Å². The number of nitrogens with zero attached hydrogens (tertiary/aromatic N) is 5. The summed E-state index contributed by atoms with van der Waals surface area (Å²) in [6.45, 7) is 2.32. The molecule has 136 valence electrons. The molecule has 1 amide bonds. The standard InChI is InChI=1S/C13H13ClF4N6O/c1-6-8(12(15)23(3)21-6)4-19-20-9(25)5-24-7(2)10(14)11(22-24)13(16,17)18/h4H,5H2,1-3H3,(H,20,25)/b19-4-. The van der Waals surface area contributed by atoms with E-state index in [9.17, 15) is 22.4 Å². The average Bonchev–Trinajstić information content (AvgIpc) is 2.91. The predicted octanol–water partition coefficient (Wildman–Crippen LogP) is 2.20. The molecular weight excluding hydrogens is 368 g/mol. The highest BCUT2D eigenvalue weighted by Crippen LogP contribution is 2.35. The van der Waals surface area contributed by atoms with Crippen molar-refractivity contribution in [3.63, 3.8) is 0 Å². The summed E-state index contributed by atoms with van der Waals surface area (Å²) in [7, 11) is 1.40. The van der Waals surface area contributed by atoms with Gasteiger partial charge >= 0.3 is 6.18 Å². The Balaban J connectivity index is 2.07. The topological polar surface area (TPSA) is 77.1 Å². The molecule has 0 unspecified atom stereocenters. The summed E-state index contributed by atoms with van der Waals surface area (Å²) >= 11 is 5.59. The van der Waals surface area contributed by atoms with Crippen molar-refractivity contribution >= 4 is 23.7 Å². The molecule has 0 aliphatic rings. The van der Waals surface area contributed by atoms with Crippen molar-refractivity contribution in [1.82, 2.24) is 25.0 Å². The average molecular weight is 381 g/mol. The first-order chi connectivity index (χ1) is 11.5. The van der Waals surface area contributed by atoms with Crippen LogP contribution in [0.3, 0.4) is 0 Å². The number of rotatable bonds is 4. The molecule has 0 spiro atoms. The lowest BCUT2D eigenvalue weighted by atomic mass is 10.3. The maximum absolute atomic E-state index is 13.7. The molecule has 0 fully saturated rings. The Kier molecular flexibility index (Phi) is 5.16. The third-order valence-corrected chi connectivity index (χ3v) is 3.73. The summed E-state index contributed by atoms with van der Waals surface area (Å²) in [5.41, 5.74) is 1.25. The zero-order valence-electron chi connectivity index (χ0n) is 13.3.